The van der Waals surface area contributed by atoms with Crippen molar-refractivity contribution in [3.63, 3.8) is 0 Å². The quantitative estimate of drug-likeness (QED) is 0.854. The lowest BCUT2D eigenvalue weighted by atomic mass is 9.55. The van der Waals surface area contributed by atoms with Crippen LogP contribution in [0, 0.1) is 17.3 Å². The van der Waals surface area contributed by atoms with Gasteiger partial charge in [0.15, 0.2) is 0 Å². The zero-order valence-corrected chi connectivity index (χ0v) is 14.0. The number of nitrogens with zero attached hydrogens (tertiary/aromatic N) is 1. The minimum atomic E-state index is 0.207. The second kappa shape index (κ2) is 3.90. The molecule has 2 heteroatoms. The Morgan fingerprint density at radius 2 is 2.00 bits per heavy atom. The smallest absolute Gasteiger partial charge is 0.115 e. The molecule has 5 rings (SSSR count). The van der Waals surface area contributed by atoms with Crippen molar-refractivity contribution in [3.8, 4) is 5.75 Å². The van der Waals surface area contributed by atoms with Gasteiger partial charge in [-0.2, -0.15) is 0 Å². The summed E-state index contributed by atoms with van der Waals surface area (Å²) >= 11 is 0. The van der Waals surface area contributed by atoms with Gasteiger partial charge in [0.05, 0.1) is 0 Å². The van der Waals surface area contributed by atoms with Crippen molar-refractivity contribution in [1.82, 2.24) is 4.90 Å². The van der Waals surface area contributed by atoms with Gasteiger partial charge in [0.1, 0.15) is 5.75 Å². The number of benzene rings is 1. The fourth-order valence-electron chi connectivity index (χ4n) is 5.90. The number of hydrogen-bond acceptors (Lipinski definition) is 2. The number of fused-ring (bicyclic) bond motifs is 4. The third-order valence-electron chi connectivity index (χ3n) is 8.00. The van der Waals surface area contributed by atoms with E-state index in [9.17, 15) is 5.11 Å². The molecule has 2 saturated carbocycles. The van der Waals surface area contributed by atoms with Gasteiger partial charge in [-0.05, 0) is 66.2 Å². The third kappa shape index (κ3) is 1.50. The van der Waals surface area contributed by atoms with Crippen molar-refractivity contribution in [2.45, 2.75) is 64.0 Å². The van der Waals surface area contributed by atoms with Gasteiger partial charge in [-0.1, -0.05) is 26.8 Å². The molecule has 1 N–H and O–H groups in total. The van der Waals surface area contributed by atoms with Gasteiger partial charge in [0.2, 0.25) is 0 Å². The van der Waals surface area contributed by atoms with Crippen LogP contribution in [0.15, 0.2) is 18.2 Å². The van der Waals surface area contributed by atoms with Gasteiger partial charge in [0.25, 0.3) is 0 Å². The van der Waals surface area contributed by atoms with Crippen LogP contribution >= 0.6 is 0 Å². The molecule has 3 aliphatic carbocycles. The Bertz CT molecular complexity index is 649. The van der Waals surface area contributed by atoms with Crippen LogP contribution in [0.2, 0.25) is 0 Å². The molecule has 1 saturated heterocycles. The van der Waals surface area contributed by atoms with Crippen molar-refractivity contribution >= 4 is 0 Å². The highest BCUT2D eigenvalue weighted by Gasteiger charge is 2.67. The van der Waals surface area contributed by atoms with E-state index in [4.69, 9.17) is 0 Å². The van der Waals surface area contributed by atoms with Crippen LogP contribution in [-0.4, -0.2) is 28.6 Å². The van der Waals surface area contributed by atoms with E-state index in [0.717, 1.165) is 11.5 Å². The van der Waals surface area contributed by atoms with Gasteiger partial charge >= 0.3 is 0 Å². The molecule has 1 aromatic rings. The average Bonchev–Trinajstić information content (AvgIpc) is 3.40. The molecule has 1 heterocycles. The zero-order valence-electron chi connectivity index (χ0n) is 14.0. The van der Waals surface area contributed by atoms with E-state index in [1.54, 1.807) is 0 Å². The molecule has 1 aromatic carbocycles. The first-order valence-corrected chi connectivity index (χ1v) is 9.04. The Morgan fingerprint density at radius 3 is 2.68 bits per heavy atom. The molecule has 3 unspecified atom stereocenters. The van der Waals surface area contributed by atoms with E-state index in [-0.39, 0.29) is 5.41 Å². The van der Waals surface area contributed by atoms with Crippen molar-refractivity contribution in [1.29, 1.82) is 0 Å². The van der Waals surface area contributed by atoms with Crippen LogP contribution in [0.5, 0.6) is 5.75 Å². The first-order chi connectivity index (χ1) is 10.5. The molecule has 1 aliphatic heterocycles. The molecule has 118 valence electrons. The second-order valence-electron chi connectivity index (χ2n) is 8.86. The van der Waals surface area contributed by atoms with Crippen LogP contribution < -0.4 is 0 Å². The predicted octanol–water partition coefficient (Wildman–Crippen LogP) is 3.71. The summed E-state index contributed by atoms with van der Waals surface area (Å²) < 4.78 is 0. The first kappa shape index (κ1) is 13.4. The molecule has 0 radical (unpaired) electrons. The summed E-state index contributed by atoms with van der Waals surface area (Å²) in [7, 11) is 0. The number of likely N-dealkylation sites (tertiary alicyclic amines) is 1. The van der Waals surface area contributed by atoms with Crippen molar-refractivity contribution in [2.24, 2.45) is 17.3 Å². The number of piperidine rings is 1. The molecule has 1 spiro atoms. The third-order valence-corrected chi connectivity index (χ3v) is 8.00. The number of aromatic hydroxyl groups is 1. The van der Waals surface area contributed by atoms with Crippen LogP contribution in [-0.2, 0) is 11.8 Å². The molecule has 2 bridgehead atoms. The number of hydrogen-bond donors (Lipinski definition) is 1. The summed E-state index contributed by atoms with van der Waals surface area (Å²) in [5.74, 6) is 1.75. The lowest BCUT2D eigenvalue weighted by Gasteiger charge is -2.58. The van der Waals surface area contributed by atoms with Gasteiger partial charge in [-0.25, -0.2) is 0 Å². The Morgan fingerprint density at radius 1 is 1.23 bits per heavy atom. The predicted molar refractivity (Wildman–Crippen MR) is 88.1 cm³/mol. The maximum Gasteiger partial charge on any atom is 0.115 e. The summed E-state index contributed by atoms with van der Waals surface area (Å²) in [6.45, 7) is 8.58. The first-order valence-electron chi connectivity index (χ1n) is 9.04. The molecular formula is C20H27NO. The van der Waals surface area contributed by atoms with Crippen molar-refractivity contribution in [3.05, 3.63) is 29.3 Å². The molecule has 3 fully saturated rings. The molecule has 4 aliphatic rings. The lowest BCUT2D eigenvalue weighted by molar-refractivity contribution is -0.0171. The van der Waals surface area contributed by atoms with E-state index in [1.165, 1.54) is 43.4 Å². The number of phenolic OH excluding ortho intramolecular Hbond substituents is 1. The highest BCUT2D eigenvalue weighted by atomic mass is 16.3. The normalized spacial score (nSPS) is 44.7. The average molecular weight is 297 g/mol. The van der Waals surface area contributed by atoms with E-state index >= 15 is 0 Å². The topological polar surface area (TPSA) is 23.5 Å². The zero-order chi connectivity index (χ0) is 15.3. The Kier molecular flexibility index (Phi) is 2.38. The maximum atomic E-state index is 9.99. The fourth-order valence-corrected chi connectivity index (χ4v) is 5.90. The molecule has 22 heavy (non-hydrogen) atoms. The van der Waals surface area contributed by atoms with Gasteiger partial charge in [0, 0.05) is 24.0 Å². The minimum absolute atomic E-state index is 0.207. The van der Waals surface area contributed by atoms with Gasteiger partial charge in [-0.15, -0.1) is 0 Å². The second-order valence-corrected chi connectivity index (χ2v) is 8.86. The molecule has 5 atom stereocenters. The van der Waals surface area contributed by atoms with E-state index in [1.807, 2.05) is 12.1 Å². The highest BCUT2D eigenvalue weighted by molar-refractivity contribution is 5.45. The monoisotopic (exact) mass is 297 g/mol. The van der Waals surface area contributed by atoms with Crippen LogP contribution in [0.3, 0.4) is 0 Å². The molecule has 2 nitrogen and oxygen atoms in total. The summed E-state index contributed by atoms with van der Waals surface area (Å²) in [5, 5.41) is 9.99. The minimum Gasteiger partial charge on any atom is -0.508 e. The molecule has 0 aromatic heterocycles. The number of phenols is 1. The highest BCUT2D eigenvalue weighted by Crippen LogP contribution is 2.69. The summed E-state index contributed by atoms with van der Waals surface area (Å²) in [6.07, 6.45) is 5.59. The van der Waals surface area contributed by atoms with E-state index < -0.39 is 0 Å². The van der Waals surface area contributed by atoms with Crippen LogP contribution in [0.4, 0.5) is 0 Å². The maximum absolute atomic E-state index is 9.99. The van der Waals surface area contributed by atoms with Crippen molar-refractivity contribution in [2.75, 3.05) is 6.54 Å². The van der Waals surface area contributed by atoms with E-state index in [2.05, 4.69) is 31.7 Å². The lowest BCUT2D eigenvalue weighted by Crippen LogP contribution is -2.62. The Labute approximate surface area is 133 Å². The molecular weight excluding hydrogens is 270 g/mol. The SMILES string of the molecule is CC1CN(C2CC23CC3)C2Cc3ccc(O)cc3[C@]1(C)[C@H]2C. The summed E-state index contributed by atoms with van der Waals surface area (Å²) in [5.41, 5.74) is 3.85. The van der Waals surface area contributed by atoms with E-state index in [0.29, 0.717) is 23.6 Å². The summed E-state index contributed by atoms with van der Waals surface area (Å²) in [4.78, 5) is 2.89. The largest absolute Gasteiger partial charge is 0.508 e. The Balaban J connectivity index is 1.59. The van der Waals surface area contributed by atoms with Crippen molar-refractivity contribution < 1.29 is 5.11 Å². The van der Waals surface area contributed by atoms with Gasteiger partial charge in [-0.3, -0.25) is 4.90 Å². The standard InChI is InChI=1S/C20H27NO/c1-12-11-21(18-10-20(18)6-7-20)17-8-14-4-5-15(22)9-16(14)19(12,3)13(17)2/h4-5,9,12-13,17-18,22H,6-8,10-11H2,1-3H3/t12?,13-,17?,18?,19-/m0/s1. The molecule has 0 amide bonds. The van der Waals surface area contributed by atoms with Gasteiger partial charge < -0.3 is 5.11 Å². The fraction of sp³-hybridized carbons (Fsp3) is 0.700. The Hall–Kier alpha value is -1.02. The van der Waals surface area contributed by atoms with Crippen LogP contribution in [0.1, 0.15) is 51.2 Å². The summed E-state index contributed by atoms with van der Waals surface area (Å²) in [6, 6.07) is 7.68. The van der Waals surface area contributed by atoms with Crippen LogP contribution in [0.25, 0.3) is 0 Å². The number of rotatable bonds is 1.